The van der Waals surface area contributed by atoms with Gasteiger partial charge < -0.3 is 20.2 Å². The molecular weight excluding hydrogens is 378 g/mol. The summed E-state index contributed by atoms with van der Waals surface area (Å²) in [5, 5.41) is 13.9. The standard InChI is InChI=1S/C17H22FN2O6P/c1-11(2)15(17(22)23)20-16(21)14(19-10-27(24,25)26)9-5-7-12-6-3-4-8-13(12)18/h3-4,6,8,11,14-15,19H,9-10H2,1-2H3,(H,20,21)(H,22,23)(H2,24,25,26)/t14-,15-/m0/s1. The van der Waals surface area contributed by atoms with Crippen molar-refractivity contribution >= 4 is 19.5 Å². The first-order valence-electron chi connectivity index (χ1n) is 8.06. The van der Waals surface area contributed by atoms with Gasteiger partial charge in [-0.25, -0.2) is 9.18 Å². The fourth-order valence-corrected chi connectivity index (χ4v) is 2.52. The lowest BCUT2D eigenvalue weighted by molar-refractivity contribution is -0.143. The van der Waals surface area contributed by atoms with Crippen LogP contribution < -0.4 is 10.6 Å². The molecule has 0 aliphatic rings. The Morgan fingerprint density at radius 1 is 1.26 bits per heavy atom. The number of rotatable bonds is 8. The molecule has 10 heteroatoms. The minimum absolute atomic E-state index is 0.109. The third-order valence-electron chi connectivity index (χ3n) is 3.49. The third-order valence-corrected chi connectivity index (χ3v) is 4.09. The Kier molecular flexibility index (Phi) is 8.60. The second-order valence-electron chi connectivity index (χ2n) is 6.13. The topological polar surface area (TPSA) is 136 Å². The maximum Gasteiger partial charge on any atom is 0.339 e. The Bertz CT molecular complexity index is 783. The van der Waals surface area contributed by atoms with Gasteiger partial charge in [0.1, 0.15) is 11.9 Å². The van der Waals surface area contributed by atoms with Crippen molar-refractivity contribution in [3.8, 4) is 11.8 Å². The first-order chi connectivity index (χ1) is 12.5. The van der Waals surface area contributed by atoms with E-state index in [0.29, 0.717) is 0 Å². The van der Waals surface area contributed by atoms with Gasteiger partial charge in [-0.05, 0) is 18.1 Å². The number of hydrogen-bond acceptors (Lipinski definition) is 4. The van der Waals surface area contributed by atoms with Gasteiger partial charge in [0.2, 0.25) is 5.91 Å². The predicted molar refractivity (Wildman–Crippen MR) is 96.1 cm³/mol. The van der Waals surface area contributed by atoms with Crippen molar-refractivity contribution in [3.05, 3.63) is 35.6 Å². The summed E-state index contributed by atoms with van der Waals surface area (Å²) in [6, 6.07) is 3.40. The van der Waals surface area contributed by atoms with E-state index in [0.717, 1.165) is 0 Å². The maximum atomic E-state index is 13.6. The van der Waals surface area contributed by atoms with Crippen LogP contribution in [0.2, 0.25) is 0 Å². The highest BCUT2D eigenvalue weighted by atomic mass is 31.2. The number of carbonyl (C=O) groups excluding carboxylic acids is 1. The molecule has 0 bridgehead atoms. The average Bonchev–Trinajstić information content (AvgIpc) is 2.55. The van der Waals surface area contributed by atoms with Crippen LogP contribution in [0.25, 0.3) is 0 Å². The van der Waals surface area contributed by atoms with E-state index in [1.54, 1.807) is 19.9 Å². The third kappa shape index (κ3) is 8.33. The van der Waals surface area contributed by atoms with Gasteiger partial charge in [0.05, 0.1) is 17.9 Å². The highest BCUT2D eigenvalue weighted by Crippen LogP contribution is 2.32. The summed E-state index contributed by atoms with van der Waals surface area (Å²) in [5.74, 6) is 2.17. The summed E-state index contributed by atoms with van der Waals surface area (Å²) in [4.78, 5) is 41.5. The minimum atomic E-state index is -4.45. The lowest BCUT2D eigenvalue weighted by Crippen LogP contribution is -2.52. The zero-order chi connectivity index (χ0) is 20.6. The van der Waals surface area contributed by atoms with E-state index in [-0.39, 0.29) is 12.0 Å². The molecule has 1 aromatic carbocycles. The Balaban J connectivity index is 2.92. The molecule has 148 valence electrons. The van der Waals surface area contributed by atoms with E-state index in [1.807, 2.05) is 0 Å². The molecule has 8 nitrogen and oxygen atoms in total. The van der Waals surface area contributed by atoms with Gasteiger partial charge in [0, 0.05) is 6.42 Å². The van der Waals surface area contributed by atoms with E-state index < -0.39 is 49.6 Å². The number of nitrogens with one attached hydrogen (secondary N) is 2. The first kappa shape index (κ1) is 22.8. The Morgan fingerprint density at radius 3 is 2.41 bits per heavy atom. The Morgan fingerprint density at radius 2 is 1.89 bits per heavy atom. The Labute approximate surface area is 156 Å². The number of carbonyl (C=O) groups is 2. The van der Waals surface area contributed by atoms with Gasteiger partial charge in [0.15, 0.2) is 0 Å². The van der Waals surface area contributed by atoms with Gasteiger partial charge in [0.25, 0.3) is 0 Å². The molecule has 0 fully saturated rings. The number of hydrogen-bond donors (Lipinski definition) is 5. The monoisotopic (exact) mass is 400 g/mol. The van der Waals surface area contributed by atoms with Gasteiger partial charge in [-0.3, -0.25) is 14.7 Å². The Hall–Kier alpha value is -2.24. The number of halogens is 1. The summed E-state index contributed by atoms with van der Waals surface area (Å²) < 4.78 is 24.6. The molecule has 5 N–H and O–H groups in total. The fraction of sp³-hybridized carbons (Fsp3) is 0.412. The quantitative estimate of drug-likeness (QED) is 0.323. The number of amides is 1. The smallest absolute Gasteiger partial charge is 0.339 e. The summed E-state index contributed by atoms with van der Waals surface area (Å²) in [6.45, 7) is 3.21. The van der Waals surface area contributed by atoms with E-state index in [2.05, 4.69) is 22.5 Å². The molecule has 1 rings (SSSR count). The molecule has 0 radical (unpaired) electrons. The normalized spacial score (nSPS) is 13.4. The largest absolute Gasteiger partial charge is 0.480 e. The second-order valence-corrected chi connectivity index (χ2v) is 7.78. The van der Waals surface area contributed by atoms with Crippen LogP contribution in [-0.2, 0) is 14.2 Å². The highest BCUT2D eigenvalue weighted by Gasteiger charge is 2.28. The lowest BCUT2D eigenvalue weighted by Gasteiger charge is -2.22. The molecule has 0 saturated carbocycles. The van der Waals surface area contributed by atoms with Crippen molar-refractivity contribution in [1.29, 1.82) is 0 Å². The summed E-state index contributed by atoms with van der Waals surface area (Å²) >= 11 is 0. The van der Waals surface area contributed by atoms with Crippen LogP contribution in [0.3, 0.4) is 0 Å². The van der Waals surface area contributed by atoms with E-state index in [9.17, 15) is 18.5 Å². The SMILES string of the molecule is CC(C)[C@H](NC(=O)[C@H](CC#Cc1ccccc1F)NCP(=O)(O)O)C(=O)O. The number of carboxylic acid groups (broad SMARTS) is 1. The molecule has 0 saturated heterocycles. The molecule has 0 aliphatic heterocycles. The molecule has 2 atom stereocenters. The van der Waals surface area contributed by atoms with Crippen molar-refractivity contribution in [1.82, 2.24) is 10.6 Å². The van der Waals surface area contributed by atoms with E-state index >= 15 is 0 Å². The molecule has 1 amide bonds. The summed E-state index contributed by atoms with van der Waals surface area (Å²) in [7, 11) is -4.45. The lowest BCUT2D eigenvalue weighted by atomic mass is 10.0. The highest BCUT2D eigenvalue weighted by molar-refractivity contribution is 7.51. The van der Waals surface area contributed by atoms with Crippen LogP contribution >= 0.6 is 7.60 Å². The maximum absolute atomic E-state index is 13.6. The first-order valence-corrected chi connectivity index (χ1v) is 9.85. The number of aliphatic carboxylic acids is 1. The van der Waals surface area contributed by atoms with Crippen LogP contribution in [0.4, 0.5) is 4.39 Å². The van der Waals surface area contributed by atoms with E-state index in [1.165, 1.54) is 18.2 Å². The average molecular weight is 400 g/mol. The molecule has 0 spiro atoms. The van der Waals surface area contributed by atoms with Gasteiger partial charge >= 0.3 is 13.6 Å². The summed E-state index contributed by atoms with van der Waals surface area (Å²) in [6.07, 6.45) is -0.990. The van der Waals surface area contributed by atoms with Crippen LogP contribution in [0.1, 0.15) is 25.8 Å². The zero-order valence-electron chi connectivity index (χ0n) is 14.8. The van der Waals surface area contributed by atoms with Crippen LogP contribution in [0, 0.1) is 23.6 Å². The molecular formula is C17H22FN2O6P. The van der Waals surface area contributed by atoms with Crippen molar-refractivity contribution < 1.29 is 33.4 Å². The molecule has 1 aromatic rings. The summed E-state index contributed by atoms with van der Waals surface area (Å²) in [5.41, 5.74) is 0.109. The van der Waals surface area contributed by atoms with Crippen molar-refractivity contribution in [2.75, 3.05) is 6.29 Å². The predicted octanol–water partition coefficient (Wildman–Crippen LogP) is 0.886. The molecule has 0 aliphatic carbocycles. The number of carboxylic acids is 1. The van der Waals surface area contributed by atoms with Crippen molar-refractivity contribution in [2.24, 2.45) is 5.92 Å². The zero-order valence-corrected chi connectivity index (χ0v) is 15.7. The molecule has 0 heterocycles. The molecule has 27 heavy (non-hydrogen) atoms. The van der Waals surface area contributed by atoms with Gasteiger partial charge in [-0.2, -0.15) is 0 Å². The van der Waals surface area contributed by atoms with Gasteiger partial charge in [-0.15, -0.1) is 0 Å². The molecule has 0 unspecified atom stereocenters. The second kappa shape index (κ2) is 10.2. The molecule has 0 aromatic heterocycles. The van der Waals surface area contributed by atoms with Gasteiger partial charge in [-0.1, -0.05) is 37.8 Å². The van der Waals surface area contributed by atoms with E-state index in [4.69, 9.17) is 14.9 Å². The minimum Gasteiger partial charge on any atom is -0.480 e. The van der Waals surface area contributed by atoms with Crippen molar-refractivity contribution in [3.63, 3.8) is 0 Å². The fourth-order valence-electron chi connectivity index (χ4n) is 2.06. The number of benzene rings is 1. The van der Waals surface area contributed by atoms with Crippen LogP contribution in [-0.4, -0.2) is 45.1 Å². The van der Waals surface area contributed by atoms with Crippen LogP contribution in [0.5, 0.6) is 0 Å². The van der Waals surface area contributed by atoms with Crippen LogP contribution in [0.15, 0.2) is 24.3 Å². The van der Waals surface area contributed by atoms with Crippen molar-refractivity contribution in [2.45, 2.75) is 32.4 Å².